The first kappa shape index (κ1) is 19.5. The molecule has 0 spiro atoms. The van der Waals surface area contributed by atoms with Crippen LogP contribution in [0.4, 0.5) is 4.39 Å². The molecule has 26 heavy (non-hydrogen) atoms. The van der Waals surface area contributed by atoms with Crippen molar-refractivity contribution in [2.75, 3.05) is 13.2 Å². The summed E-state index contributed by atoms with van der Waals surface area (Å²) in [4.78, 5) is 23.3. The zero-order chi connectivity index (χ0) is 19.2. The first-order valence-electron chi connectivity index (χ1n) is 7.57. The highest BCUT2D eigenvalue weighted by Crippen LogP contribution is 2.09. The van der Waals surface area contributed by atoms with E-state index < -0.39 is 34.3 Å². The van der Waals surface area contributed by atoms with Gasteiger partial charge in [-0.05, 0) is 36.2 Å². The summed E-state index contributed by atoms with van der Waals surface area (Å²) >= 11 is 0. The van der Waals surface area contributed by atoms with Gasteiger partial charge < -0.3 is 10.1 Å². The van der Waals surface area contributed by atoms with E-state index >= 15 is 0 Å². The van der Waals surface area contributed by atoms with E-state index in [0.29, 0.717) is 6.42 Å². The van der Waals surface area contributed by atoms with Crippen molar-refractivity contribution in [1.82, 2.24) is 5.32 Å². The van der Waals surface area contributed by atoms with Gasteiger partial charge in [-0.1, -0.05) is 24.3 Å². The fourth-order valence-corrected chi connectivity index (χ4v) is 2.59. The largest absolute Gasteiger partial charge is 0.452 e. The molecule has 0 radical (unpaired) electrons. The highest BCUT2D eigenvalue weighted by atomic mass is 32.2. The molecular formula is C17H17FN2O5S. The van der Waals surface area contributed by atoms with E-state index in [-0.39, 0.29) is 17.0 Å². The van der Waals surface area contributed by atoms with Gasteiger partial charge in [0, 0.05) is 6.54 Å². The van der Waals surface area contributed by atoms with Crippen LogP contribution in [0, 0.1) is 5.82 Å². The van der Waals surface area contributed by atoms with Crippen LogP contribution in [0.2, 0.25) is 0 Å². The van der Waals surface area contributed by atoms with Crippen LogP contribution in [0.3, 0.4) is 0 Å². The number of halogens is 1. The Morgan fingerprint density at radius 2 is 1.73 bits per heavy atom. The molecule has 0 saturated carbocycles. The van der Waals surface area contributed by atoms with Crippen molar-refractivity contribution in [2.45, 2.75) is 11.3 Å². The smallest absolute Gasteiger partial charge is 0.341 e. The van der Waals surface area contributed by atoms with E-state index in [2.05, 4.69) is 5.32 Å². The number of hydrogen-bond acceptors (Lipinski definition) is 5. The molecule has 0 aliphatic heterocycles. The first-order chi connectivity index (χ1) is 12.3. The van der Waals surface area contributed by atoms with Crippen LogP contribution in [0.1, 0.15) is 15.9 Å². The van der Waals surface area contributed by atoms with Gasteiger partial charge in [0.25, 0.3) is 5.91 Å². The van der Waals surface area contributed by atoms with Gasteiger partial charge in [0.05, 0.1) is 10.5 Å². The maximum absolute atomic E-state index is 13.4. The summed E-state index contributed by atoms with van der Waals surface area (Å²) in [7, 11) is -3.74. The number of primary sulfonamides is 1. The van der Waals surface area contributed by atoms with Crippen LogP contribution in [0.5, 0.6) is 0 Å². The first-order valence-corrected chi connectivity index (χ1v) is 9.12. The Morgan fingerprint density at radius 1 is 1.08 bits per heavy atom. The second-order valence-electron chi connectivity index (χ2n) is 5.34. The van der Waals surface area contributed by atoms with E-state index in [0.717, 1.165) is 11.6 Å². The van der Waals surface area contributed by atoms with Gasteiger partial charge in [0.15, 0.2) is 6.61 Å². The zero-order valence-corrected chi connectivity index (χ0v) is 14.5. The van der Waals surface area contributed by atoms with Crippen molar-refractivity contribution < 1.29 is 27.1 Å². The number of esters is 1. The SMILES string of the molecule is NS(=O)(=O)c1ccc(CCNC(=O)COC(=O)c2ccccc2F)cc1. The Hall–Kier alpha value is -2.78. The van der Waals surface area contributed by atoms with Gasteiger partial charge >= 0.3 is 5.97 Å². The monoisotopic (exact) mass is 380 g/mol. The lowest BCUT2D eigenvalue weighted by Gasteiger charge is -2.07. The van der Waals surface area contributed by atoms with Crippen LogP contribution < -0.4 is 10.5 Å². The molecular weight excluding hydrogens is 363 g/mol. The molecule has 2 rings (SSSR count). The average molecular weight is 380 g/mol. The minimum absolute atomic E-state index is 0.00495. The van der Waals surface area contributed by atoms with E-state index in [4.69, 9.17) is 9.88 Å². The topological polar surface area (TPSA) is 116 Å². The maximum atomic E-state index is 13.4. The summed E-state index contributed by atoms with van der Waals surface area (Å²) in [6.45, 7) is -0.275. The van der Waals surface area contributed by atoms with Crippen molar-refractivity contribution in [3.63, 3.8) is 0 Å². The highest BCUT2D eigenvalue weighted by molar-refractivity contribution is 7.89. The molecule has 2 aromatic carbocycles. The van der Waals surface area contributed by atoms with Gasteiger partial charge in [-0.25, -0.2) is 22.7 Å². The second kappa shape index (κ2) is 8.54. The third kappa shape index (κ3) is 5.64. The second-order valence-corrected chi connectivity index (χ2v) is 6.91. The molecule has 9 heteroatoms. The standard InChI is InChI=1S/C17H17FN2O5S/c18-15-4-2-1-3-14(15)17(22)25-11-16(21)20-10-9-12-5-7-13(8-6-12)26(19,23)24/h1-8H,9-11H2,(H,20,21)(H2,19,23,24). The quantitative estimate of drug-likeness (QED) is 0.695. The summed E-state index contributed by atoms with van der Waals surface area (Å²) in [5.74, 6) is -2.17. The Kier molecular flexibility index (Phi) is 6.42. The van der Waals surface area contributed by atoms with Crippen molar-refractivity contribution in [2.24, 2.45) is 5.14 Å². The third-order valence-electron chi connectivity index (χ3n) is 3.42. The van der Waals surface area contributed by atoms with E-state index in [1.54, 1.807) is 12.1 Å². The number of ether oxygens (including phenoxy) is 1. The van der Waals surface area contributed by atoms with Gasteiger partial charge in [-0.15, -0.1) is 0 Å². The van der Waals surface area contributed by atoms with Crippen LogP contribution in [0.25, 0.3) is 0 Å². The van der Waals surface area contributed by atoms with Crippen LogP contribution in [-0.2, 0) is 26.0 Å². The van der Waals surface area contributed by atoms with Gasteiger partial charge in [0.2, 0.25) is 10.0 Å². The summed E-state index contributed by atoms with van der Waals surface area (Å²) in [6.07, 6.45) is 0.442. The minimum atomic E-state index is -3.74. The van der Waals surface area contributed by atoms with E-state index in [9.17, 15) is 22.4 Å². The number of nitrogens with one attached hydrogen (secondary N) is 1. The minimum Gasteiger partial charge on any atom is -0.452 e. The summed E-state index contributed by atoms with van der Waals surface area (Å²) in [5.41, 5.74) is 0.552. The third-order valence-corrected chi connectivity index (χ3v) is 4.35. The maximum Gasteiger partial charge on any atom is 0.341 e. The molecule has 138 valence electrons. The molecule has 0 heterocycles. The lowest BCUT2D eigenvalue weighted by molar-refractivity contribution is -0.124. The summed E-state index contributed by atoms with van der Waals surface area (Å²) in [6, 6.07) is 11.2. The molecule has 1 amide bonds. The summed E-state index contributed by atoms with van der Waals surface area (Å²) < 4.78 is 40.5. The Balaban J connectivity index is 1.75. The Labute approximate surface area is 150 Å². The zero-order valence-electron chi connectivity index (χ0n) is 13.6. The van der Waals surface area contributed by atoms with Crippen molar-refractivity contribution >= 4 is 21.9 Å². The molecule has 0 saturated heterocycles. The number of sulfonamides is 1. The molecule has 0 fully saturated rings. The van der Waals surface area contributed by atoms with E-state index in [1.807, 2.05) is 0 Å². The van der Waals surface area contributed by atoms with Crippen LogP contribution in [0.15, 0.2) is 53.4 Å². The number of benzene rings is 2. The summed E-state index contributed by atoms with van der Waals surface area (Å²) in [5, 5.41) is 7.55. The van der Waals surface area contributed by atoms with E-state index in [1.165, 1.54) is 30.3 Å². The highest BCUT2D eigenvalue weighted by Gasteiger charge is 2.14. The Bertz CT molecular complexity index is 898. The fourth-order valence-electron chi connectivity index (χ4n) is 2.08. The van der Waals surface area contributed by atoms with Crippen LogP contribution >= 0.6 is 0 Å². The molecule has 2 aromatic rings. The van der Waals surface area contributed by atoms with Gasteiger partial charge in [-0.3, -0.25) is 4.79 Å². The number of carbonyl (C=O) groups excluding carboxylic acids is 2. The van der Waals surface area contributed by atoms with Crippen molar-refractivity contribution in [3.8, 4) is 0 Å². The number of rotatable bonds is 7. The van der Waals surface area contributed by atoms with Gasteiger partial charge in [0.1, 0.15) is 5.82 Å². The normalized spacial score (nSPS) is 11.0. The number of hydrogen-bond donors (Lipinski definition) is 2. The number of carbonyl (C=O) groups is 2. The molecule has 0 aliphatic rings. The molecule has 0 bridgehead atoms. The fraction of sp³-hybridized carbons (Fsp3) is 0.176. The average Bonchev–Trinajstić information content (AvgIpc) is 2.60. The molecule has 0 aromatic heterocycles. The lowest BCUT2D eigenvalue weighted by atomic mass is 10.1. The molecule has 3 N–H and O–H groups in total. The number of nitrogens with two attached hydrogens (primary N) is 1. The number of amides is 1. The molecule has 0 aliphatic carbocycles. The van der Waals surface area contributed by atoms with Gasteiger partial charge in [-0.2, -0.15) is 0 Å². The molecule has 0 unspecified atom stereocenters. The Morgan fingerprint density at radius 3 is 2.35 bits per heavy atom. The predicted octanol–water partition coefficient (Wildman–Crippen LogP) is 0.989. The van der Waals surface area contributed by atoms with Crippen molar-refractivity contribution in [1.29, 1.82) is 0 Å². The van der Waals surface area contributed by atoms with Crippen molar-refractivity contribution in [3.05, 3.63) is 65.5 Å². The van der Waals surface area contributed by atoms with Crippen LogP contribution in [-0.4, -0.2) is 33.4 Å². The lowest BCUT2D eigenvalue weighted by Crippen LogP contribution is -2.30. The molecule has 7 nitrogen and oxygen atoms in total. The molecule has 0 atom stereocenters. The predicted molar refractivity (Wildman–Crippen MR) is 91.2 cm³/mol.